The quantitative estimate of drug-likeness (QED) is 0.734. The van der Waals surface area contributed by atoms with Gasteiger partial charge in [-0.05, 0) is 24.6 Å². The van der Waals surface area contributed by atoms with Gasteiger partial charge in [0.05, 0.1) is 23.3 Å². The standard InChI is InChI=1S/C23H24N2O4/c1-16-14-24(15-18(29-16)13-17-7-3-2-4-8-17)21(26)11-12-25-22(27)19-9-5-6-10-20(19)23(25)28/h2-10,16,18H,11-15H2,1H3. The maximum Gasteiger partial charge on any atom is 0.261 e. The van der Waals surface area contributed by atoms with Crippen LogP contribution in [0.2, 0.25) is 0 Å². The predicted octanol–water partition coefficient (Wildman–Crippen LogP) is 2.53. The number of ether oxygens (including phenoxy) is 1. The van der Waals surface area contributed by atoms with Crippen molar-refractivity contribution in [1.29, 1.82) is 0 Å². The summed E-state index contributed by atoms with van der Waals surface area (Å²) in [6.07, 6.45) is 0.744. The number of imide groups is 1. The van der Waals surface area contributed by atoms with Crippen LogP contribution in [0.4, 0.5) is 0 Å². The summed E-state index contributed by atoms with van der Waals surface area (Å²) in [4.78, 5) is 40.7. The van der Waals surface area contributed by atoms with Crippen molar-refractivity contribution >= 4 is 17.7 Å². The number of amides is 3. The van der Waals surface area contributed by atoms with E-state index in [4.69, 9.17) is 4.74 Å². The molecule has 0 saturated carbocycles. The predicted molar refractivity (Wildman–Crippen MR) is 107 cm³/mol. The van der Waals surface area contributed by atoms with E-state index in [9.17, 15) is 14.4 Å². The van der Waals surface area contributed by atoms with Gasteiger partial charge in [0.2, 0.25) is 5.91 Å². The van der Waals surface area contributed by atoms with Crippen LogP contribution < -0.4 is 0 Å². The minimum Gasteiger partial charge on any atom is -0.371 e. The first-order valence-corrected chi connectivity index (χ1v) is 9.95. The van der Waals surface area contributed by atoms with Gasteiger partial charge in [0, 0.05) is 32.5 Å². The molecular formula is C23H24N2O4. The number of fused-ring (bicyclic) bond motifs is 1. The van der Waals surface area contributed by atoms with E-state index in [1.165, 1.54) is 10.5 Å². The fraction of sp³-hybridized carbons (Fsp3) is 0.348. The number of hydrogen-bond acceptors (Lipinski definition) is 4. The number of nitrogens with zero attached hydrogens (tertiary/aromatic N) is 2. The third kappa shape index (κ3) is 4.07. The van der Waals surface area contributed by atoms with Crippen molar-refractivity contribution in [2.24, 2.45) is 0 Å². The molecule has 0 bridgehead atoms. The Bertz CT molecular complexity index is 892. The highest BCUT2D eigenvalue weighted by molar-refractivity contribution is 6.21. The lowest BCUT2D eigenvalue weighted by molar-refractivity contribution is -0.144. The van der Waals surface area contributed by atoms with E-state index in [1.54, 1.807) is 29.2 Å². The number of hydrogen-bond donors (Lipinski definition) is 0. The molecule has 0 N–H and O–H groups in total. The van der Waals surface area contributed by atoms with E-state index in [-0.39, 0.29) is 42.9 Å². The molecule has 3 amide bonds. The van der Waals surface area contributed by atoms with Gasteiger partial charge in [-0.2, -0.15) is 0 Å². The number of carbonyl (C=O) groups excluding carboxylic acids is 3. The Morgan fingerprint density at radius 3 is 2.24 bits per heavy atom. The first-order valence-electron chi connectivity index (χ1n) is 9.95. The molecule has 150 valence electrons. The minimum atomic E-state index is -0.323. The van der Waals surface area contributed by atoms with Gasteiger partial charge in [-0.3, -0.25) is 19.3 Å². The van der Waals surface area contributed by atoms with Crippen LogP contribution in [0.3, 0.4) is 0 Å². The Morgan fingerprint density at radius 1 is 0.966 bits per heavy atom. The highest BCUT2D eigenvalue weighted by atomic mass is 16.5. The van der Waals surface area contributed by atoms with Gasteiger partial charge in [0.15, 0.2) is 0 Å². The molecule has 4 rings (SSSR count). The van der Waals surface area contributed by atoms with Crippen LogP contribution in [0.5, 0.6) is 0 Å². The van der Waals surface area contributed by atoms with Crippen molar-refractivity contribution in [2.45, 2.75) is 32.0 Å². The highest BCUT2D eigenvalue weighted by Gasteiger charge is 2.36. The van der Waals surface area contributed by atoms with E-state index in [2.05, 4.69) is 12.1 Å². The van der Waals surface area contributed by atoms with Crippen molar-refractivity contribution in [3.63, 3.8) is 0 Å². The summed E-state index contributed by atoms with van der Waals surface area (Å²) >= 11 is 0. The van der Waals surface area contributed by atoms with Crippen LogP contribution in [0.1, 0.15) is 39.6 Å². The molecule has 2 atom stereocenters. The fourth-order valence-corrected chi connectivity index (χ4v) is 4.05. The summed E-state index contributed by atoms with van der Waals surface area (Å²) in [7, 11) is 0. The smallest absolute Gasteiger partial charge is 0.261 e. The Labute approximate surface area is 170 Å². The maximum absolute atomic E-state index is 12.8. The third-order valence-corrected chi connectivity index (χ3v) is 5.41. The SMILES string of the molecule is CC1CN(C(=O)CCN2C(=O)c3ccccc3C2=O)CC(Cc2ccccc2)O1. The second-order valence-corrected chi connectivity index (χ2v) is 7.61. The van der Waals surface area contributed by atoms with E-state index < -0.39 is 0 Å². The molecule has 6 nitrogen and oxygen atoms in total. The first-order chi connectivity index (χ1) is 14.0. The third-order valence-electron chi connectivity index (χ3n) is 5.41. The molecule has 1 saturated heterocycles. The van der Waals surface area contributed by atoms with Gasteiger partial charge >= 0.3 is 0 Å². The normalized spacial score (nSPS) is 21.4. The molecule has 2 aromatic carbocycles. The molecular weight excluding hydrogens is 368 g/mol. The van der Waals surface area contributed by atoms with Gasteiger partial charge in [-0.25, -0.2) is 0 Å². The second kappa shape index (κ2) is 8.17. The van der Waals surface area contributed by atoms with Crippen LogP contribution >= 0.6 is 0 Å². The number of rotatable bonds is 5. The number of carbonyl (C=O) groups is 3. The zero-order valence-electron chi connectivity index (χ0n) is 16.4. The molecule has 0 aromatic heterocycles. The van der Waals surface area contributed by atoms with Gasteiger partial charge in [-0.15, -0.1) is 0 Å². The highest BCUT2D eigenvalue weighted by Crippen LogP contribution is 2.23. The lowest BCUT2D eigenvalue weighted by atomic mass is 10.1. The Morgan fingerprint density at radius 2 is 1.59 bits per heavy atom. The van der Waals surface area contributed by atoms with E-state index in [1.807, 2.05) is 25.1 Å². The van der Waals surface area contributed by atoms with Gasteiger partial charge in [-0.1, -0.05) is 42.5 Å². The molecule has 2 aromatic rings. The Hall–Kier alpha value is -2.99. The van der Waals surface area contributed by atoms with Crippen molar-refractivity contribution in [3.05, 3.63) is 71.3 Å². The molecule has 6 heteroatoms. The molecule has 2 heterocycles. The zero-order chi connectivity index (χ0) is 20.4. The molecule has 2 aliphatic heterocycles. The zero-order valence-corrected chi connectivity index (χ0v) is 16.4. The average Bonchev–Trinajstić information content (AvgIpc) is 2.97. The molecule has 2 unspecified atom stereocenters. The van der Waals surface area contributed by atoms with Gasteiger partial charge < -0.3 is 9.64 Å². The van der Waals surface area contributed by atoms with E-state index >= 15 is 0 Å². The molecule has 0 radical (unpaired) electrons. The number of benzene rings is 2. The molecule has 29 heavy (non-hydrogen) atoms. The summed E-state index contributed by atoms with van der Waals surface area (Å²) in [5.41, 5.74) is 1.99. The monoisotopic (exact) mass is 392 g/mol. The summed E-state index contributed by atoms with van der Waals surface area (Å²) in [6.45, 7) is 3.09. The topological polar surface area (TPSA) is 66.9 Å². The first kappa shape index (κ1) is 19.3. The van der Waals surface area contributed by atoms with Crippen LogP contribution in [-0.2, 0) is 16.0 Å². The summed E-state index contributed by atoms with van der Waals surface area (Å²) in [6, 6.07) is 16.8. The van der Waals surface area contributed by atoms with Crippen LogP contribution in [0.15, 0.2) is 54.6 Å². The summed E-state index contributed by atoms with van der Waals surface area (Å²) < 4.78 is 6.01. The molecule has 0 spiro atoms. The second-order valence-electron chi connectivity index (χ2n) is 7.61. The largest absolute Gasteiger partial charge is 0.371 e. The summed E-state index contributed by atoms with van der Waals surface area (Å²) in [5, 5.41) is 0. The molecule has 0 aliphatic carbocycles. The van der Waals surface area contributed by atoms with Crippen LogP contribution in [0, 0.1) is 0 Å². The lowest BCUT2D eigenvalue weighted by Gasteiger charge is -2.37. The Balaban J connectivity index is 1.36. The van der Waals surface area contributed by atoms with Crippen molar-refractivity contribution in [1.82, 2.24) is 9.80 Å². The fourth-order valence-electron chi connectivity index (χ4n) is 4.05. The lowest BCUT2D eigenvalue weighted by Crippen LogP contribution is -2.50. The van der Waals surface area contributed by atoms with Crippen molar-refractivity contribution < 1.29 is 19.1 Å². The van der Waals surface area contributed by atoms with Crippen molar-refractivity contribution in [2.75, 3.05) is 19.6 Å². The molecule has 1 fully saturated rings. The van der Waals surface area contributed by atoms with E-state index in [0.29, 0.717) is 24.2 Å². The van der Waals surface area contributed by atoms with Gasteiger partial charge in [0.1, 0.15) is 0 Å². The minimum absolute atomic E-state index is 0.0549. The van der Waals surface area contributed by atoms with Crippen LogP contribution in [-0.4, -0.2) is 59.4 Å². The Kier molecular flexibility index (Phi) is 5.45. The number of morpholine rings is 1. The van der Waals surface area contributed by atoms with E-state index in [0.717, 1.165) is 6.42 Å². The average molecular weight is 392 g/mol. The van der Waals surface area contributed by atoms with Crippen molar-refractivity contribution in [3.8, 4) is 0 Å². The van der Waals surface area contributed by atoms with Crippen LogP contribution in [0.25, 0.3) is 0 Å². The molecule has 2 aliphatic rings. The van der Waals surface area contributed by atoms with Gasteiger partial charge in [0.25, 0.3) is 11.8 Å². The summed E-state index contributed by atoms with van der Waals surface area (Å²) in [5.74, 6) is -0.707. The maximum atomic E-state index is 12.8.